The zero-order valence-corrected chi connectivity index (χ0v) is 16.3. The van der Waals surface area contributed by atoms with E-state index in [1.807, 2.05) is 0 Å². The minimum atomic E-state index is -3.39. The van der Waals surface area contributed by atoms with Crippen molar-refractivity contribution in [3.05, 3.63) is 45.7 Å². The maximum atomic E-state index is 12.7. The average molecular weight is 415 g/mol. The second-order valence-corrected chi connectivity index (χ2v) is 10.4. The van der Waals surface area contributed by atoms with Gasteiger partial charge in [0.15, 0.2) is 0 Å². The quantitative estimate of drug-likeness (QED) is 0.767. The van der Waals surface area contributed by atoms with E-state index in [0.717, 1.165) is 9.47 Å². The number of hydrogen-bond acceptors (Lipinski definition) is 4. The molecule has 23 heavy (non-hydrogen) atoms. The third kappa shape index (κ3) is 3.47. The highest BCUT2D eigenvalue weighted by Crippen LogP contribution is 2.30. The Bertz CT molecular complexity index is 787. The van der Waals surface area contributed by atoms with E-state index in [0.29, 0.717) is 23.8 Å². The monoisotopic (exact) mass is 414 g/mol. The first-order chi connectivity index (χ1) is 10.9. The van der Waals surface area contributed by atoms with Gasteiger partial charge in [-0.2, -0.15) is 4.31 Å². The predicted octanol–water partition coefficient (Wildman–Crippen LogP) is 3.72. The highest BCUT2D eigenvalue weighted by molar-refractivity contribution is 9.11. The highest BCUT2D eigenvalue weighted by Gasteiger charge is 2.33. The molecule has 0 radical (unpaired) electrons. The number of aryl methyl sites for hydroxylation is 1. The first-order valence-electron chi connectivity index (χ1n) is 7.47. The second kappa shape index (κ2) is 6.55. The van der Waals surface area contributed by atoms with Gasteiger partial charge in [-0.1, -0.05) is 17.7 Å². The van der Waals surface area contributed by atoms with Gasteiger partial charge in [-0.05, 0) is 54.0 Å². The fraction of sp³-hybridized carbons (Fsp3) is 0.375. The molecule has 0 aliphatic carbocycles. The van der Waals surface area contributed by atoms with Gasteiger partial charge in [0.2, 0.25) is 0 Å². The molecule has 124 valence electrons. The Kier molecular flexibility index (Phi) is 4.83. The van der Waals surface area contributed by atoms with Crippen LogP contribution >= 0.6 is 27.3 Å². The zero-order chi connectivity index (χ0) is 16.6. The van der Waals surface area contributed by atoms with Gasteiger partial charge >= 0.3 is 0 Å². The molecule has 2 heterocycles. The third-order valence-corrected chi connectivity index (χ3v) is 8.05. The van der Waals surface area contributed by atoms with E-state index in [2.05, 4.69) is 58.9 Å². The number of halogens is 1. The fourth-order valence-electron chi connectivity index (χ4n) is 2.83. The molecule has 2 aromatic rings. The van der Waals surface area contributed by atoms with Crippen molar-refractivity contribution in [2.75, 3.05) is 24.5 Å². The number of sulfonamides is 1. The largest absolute Gasteiger partial charge is 0.366 e. The first kappa shape index (κ1) is 17.0. The van der Waals surface area contributed by atoms with Gasteiger partial charge in [0.05, 0.1) is 3.79 Å². The van der Waals surface area contributed by atoms with Crippen molar-refractivity contribution < 1.29 is 8.42 Å². The molecule has 0 bridgehead atoms. The molecule has 1 saturated heterocycles. The summed E-state index contributed by atoms with van der Waals surface area (Å²) >= 11 is 4.60. The lowest BCUT2D eigenvalue weighted by molar-refractivity contribution is 0.343. The van der Waals surface area contributed by atoms with Crippen LogP contribution in [0.5, 0.6) is 0 Å². The normalized spacial score (nSPS) is 20.0. The van der Waals surface area contributed by atoms with Gasteiger partial charge in [-0.3, -0.25) is 0 Å². The summed E-state index contributed by atoms with van der Waals surface area (Å²) in [6, 6.07) is 12.0. The number of rotatable bonds is 3. The van der Waals surface area contributed by atoms with Crippen LogP contribution in [-0.4, -0.2) is 38.4 Å². The molecule has 1 aliphatic heterocycles. The molecule has 1 aromatic carbocycles. The Balaban J connectivity index is 1.77. The second-order valence-electron chi connectivity index (χ2n) is 5.80. The number of hydrogen-bond donors (Lipinski definition) is 0. The number of nitrogens with zero attached hydrogens (tertiary/aromatic N) is 2. The van der Waals surface area contributed by atoms with Gasteiger partial charge in [-0.15, -0.1) is 11.3 Å². The van der Waals surface area contributed by atoms with Gasteiger partial charge in [-0.25, -0.2) is 8.42 Å². The maximum absolute atomic E-state index is 12.7. The number of benzene rings is 1. The number of piperazine rings is 1. The van der Waals surface area contributed by atoms with Crippen LogP contribution in [0.2, 0.25) is 0 Å². The molecule has 0 spiro atoms. The van der Waals surface area contributed by atoms with E-state index in [1.165, 1.54) is 16.9 Å². The van der Waals surface area contributed by atoms with Crippen LogP contribution in [0.1, 0.15) is 12.5 Å². The van der Waals surface area contributed by atoms with Gasteiger partial charge in [0, 0.05) is 31.4 Å². The van der Waals surface area contributed by atoms with Crippen molar-refractivity contribution in [3.63, 3.8) is 0 Å². The molecule has 1 unspecified atom stereocenters. The Morgan fingerprint density at radius 1 is 1.13 bits per heavy atom. The Morgan fingerprint density at radius 2 is 1.83 bits per heavy atom. The molecule has 1 atom stereocenters. The van der Waals surface area contributed by atoms with Crippen molar-refractivity contribution in [2.24, 2.45) is 0 Å². The lowest BCUT2D eigenvalue weighted by atomic mass is 10.1. The van der Waals surface area contributed by atoms with Crippen LogP contribution in [0.3, 0.4) is 0 Å². The highest BCUT2D eigenvalue weighted by atomic mass is 79.9. The van der Waals surface area contributed by atoms with E-state index in [1.54, 1.807) is 16.4 Å². The van der Waals surface area contributed by atoms with Crippen molar-refractivity contribution in [3.8, 4) is 0 Å². The molecular formula is C16H19BrN2O2S2. The first-order valence-corrected chi connectivity index (χ1v) is 10.5. The van der Waals surface area contributed by atoms with Crippen LogP contribution in [0, 0.1) is 6.92 Å². The lowest BCUT2D eigenvalue weighted by Gasteiger charge is -2.40. The molecule has 0 N–H and O–H groups in total. The minimum absolute atomic E-state index is 0.143. The molecule has 4 nitrogen and oxygen atoms in total. The summed E-state index contributed by atoms with van der Waals surface area (Å²) in [5.74, 6) is 0. The van der Waals surface area contributed by atoms with Crippen molar-refractivity contribution in [1.82, 2.24) is 4.31 Å². The predicted molar refractivity (Wildman–Crippen MR) is 98.8 cm³/mol. The summed E-state index contributed by atoms with van der Waals surface area (Å²) in [7, 11) is -3.39. The summed E-state index contributed by atoms with van der Waals surface area (Å²) in [5, 5.41) is 0. The van der Waals surface area contributed by atoms with Crippen LogP contribution in [0.4, 0.5) is 5.69 Å². The van der Waals surface area contributed by atoms with E-state index in [-0.39, 0.29) is 6.04 Å². The summed E-state index contributed by atoms with van der Waals surface area (Å²) in [5.41, 5.74) is 2.38. The molecule has 3 rings (SSSR count). The molecule has 1 aliphatic rings. The smallest absolute Gasteiger partial charge is 0.252 e. The lowest BCUT2D eigenvalue weighted by Crippen LogP contribution is -2.53. The summed E-state index contributed by atoms with van der Waals surface area (Å²) in [6.45, 7) is 5.86. The zero-order valence-electron chi connectivity index (χ0n) is 13.1. The Hall–Kier alpha value is -0.890. The average Bonchev–Trinajstić information content (AvgIpc) is 2.95. The SMILES string of the molecule is Cc1ccc(N2CCN(S(=O)(=O)c3ccc(Br)s3)CC2C)cc1. The minimum Gasteiger partial charge on any atom is -0.366 e. The Labute approximate surface area is 149 Å². The van der Waals surface area contributed by atoms with E-state index in [4.69, 9.17) is 0 Å². The third-order valence-electron chi connectivity index (χ3n) is 4.10. The fourth-order valence-corrected chi connectivity index (χ4v) is 6.50. The molecule has 1 fully saturated rings. The van der Waals surface area contributed by atoms with Crippen molar-refractivity contribution >= 4 is 43.0 Å². The summed E-state index contributed by atoms with van der Waals surface area (Å²) in [4.78, 5) is 2.27. The van der Waals surface area contributed by atoms with E-state index >= 15 is 0 Å². The van der Waals surface area contributed by atoms with E-state index < -0.39 is 10.0 Å². The van der Waals surface area contributed by atoms with Gasteiger partial charge in [0.1, 0.15) is 4.21 Å². The van der Waals surface area contributed by atoms with E-state index in [9.17, 15) is 8.42 Å². The van der Waals surface area contributed by atoms with Crippen molar-refractivity contribution in [2.45, 2.75) is 24.1 Å². The van der Waals surface area contributed by atoms with Crippen LogP contribution in [0.25, 0.3) is 0 Å². The molecule has 0 amide bonds. The topological polar surface area (TPSA) is 40.6 Å². The molecule has 0 saturated carbocycles. The van der Waals surface area contributed by atoms with Crippen LogP contribution < -0.4 is 4.90 Å². The molecule has 1 aromatic heterocycles. The van der Waals surface area contributed by atoms with Gasteiger partial charge < -0.3 is 4.90 Å². The summed E-state index contributed by atoms with van der Waals surface area (Å²) in [6.07, 6.45) is 0. The number of anilines is 1. The molecular weight excluding hydrogens is 396 g/mol. The molecule has 7 heteroatoms. The van der Waals surface area contributed by atoms with Crippen LogP contribution in [0.15, 0.2) is 44.4 Å². The maximum Gasteiger partial charge on any atom is 0.252 e. The number of thiophene rings is 1. The van der Waals surface area contributed by atoms with Crippen LogP contribution in [-0.2, 0) is 10.0 Å². The standard InChI is InChI=1S/C16H19BrN2O2S2/c1-12-3-5-14(6-4-12)19-10-9-18(11-13(19)2)23(20,21)16-8-7-15(17)22-16/h3-8,13H,9-11H2,1-2H3. The van der Waals surface area contributed by atoms with Crippen molar-refractivity contribution in [1.29, 1.82) is 0 Å². The van der Waals surface area contributed by atoms with Gasteiger partial charge in [0.25, 0.3) is 10.0 Å². The Morgan fingerprint density at radius 3 is 2.39 bits per heavy atom. The summed E-state index contributed by atoms with van der Waals surface area (Å²) < 4.78 is 28.3.